The molecule has 0 aliphatic heterocycles. The molecule has 1 unspecified atom stereocenters. The van der Waals surface area contributed by atoms with Crippen LogP contribution in [0.25, 0.3) is 0 Å². The molecule has 0 radical (unpaired) electrons. The number of thioether (sulfide) groups is 1. The standard InChI is InChI=1S/C21H18Cl3N3O2S.CH4/c22-16-7-5-14(6-8-16)18(28)30-19-25-13-26-27(19)12-21(29,20(24)9-10-20)11-15-3-1-2-4-17(15)23;/h1-8,13,29H,9-12H2;1H4. The molecule has 1 fully saturated rings. The largest absolute Gasteiger partial charge is 0.386 e. The third-order valence-electron chi connectivity index (χ3n) is 5.22. The van der Waals surface area contributed by atoms with Gasteiger partial charge in [-0.25, -0.2) is 9.67 Å². The normalized spacial score (nSPS) is 16.3. The van der Waals surface area contributed by atoms with Gasteiger partial charge in [-0.2, -0.15) is 5.10 Å². The molecule has 31 heavy (non-hydrogen) atoms. The second-order valence-electron chi connectivity index (χ2n) is 7.36. The van der Waals surface area contributed by atoms with Gasteiger partial charge >= 0.3 is 0 Å². The maximum Gasteiger partial charge on any atom is 0.227 e. The van der Waals surface area contributed by atoms with E-state index in [-0.39, 0.29) is 25.5 Å². The van der Waals surface area contributed by atoms with Crippen LogP contribution in [0.5, 0.6) is 0 Å². The van der Waals surface area contributed by atoms with Crippen molar-refractivity contribution in [1.82, 2.24) is 14.8 Å². The number of aromatic nitrogens is 3. The van der Waals surface area contributed by atoms with Gasteiger partial charge in [0.05, 0.1) is 11.4 Å². The first-order valence-corrected chi connectivity index (χ1v) is 11.2. The molecule has 1 aromatic heterocycles. The van der Waals surface area contributed by atoms with E-state index in [9.17, 15) is 9.90 Å². The minimum atomic E-state index is -1.30. The quantitative estimate of drug-likeness (QED) is 0.324. The number of hydrogen-bond donors (Lipinski definition) is 1. The topological polar surface area (TPSA) is 68.0 Å². The summed E-state index contributed by atoms with van der Waals surface area (Å²) in [4.78, 5) is 16.1. The number of rotatable bonds is 7. The predicted molar refractivity (Wildman–Crippen MR) is 126 cm³/mol. The van der Waals surface area contributed by atoms with E-state index < -0.39 is 10.5 Å². The van der Waals surface area contributed by atoms with E-state index in [1.54, 1.807) is 30.3 Å². The molecule has 1 aliphatic rings. The van der Waals surface area contributed by atoms with Crippen molar-refractivity contribution >= 4 is 51.7 Å². The Morgan fingerprint density at radius 2 is 1.84 bits per heavy atom. The number of alkyl halides is 1. The number of hydrogen-bond acceptors (Lipinski definition) is 5. The fourth-order valence-corrected chi connectivity index (χ4v) is 4.59. The van der Waals surface area contributed by atoms with Crippen molar-refractivity contribution in [2.45, 2.75) is 48.9 Å². The fraction of sp³-hybridized carbons (Fsp3) is 0.318. The molecule has 5 nitrogen and oxygen atoms in total. The highest BCUT2D eigenvalue weighted by Crippen LogP contribution is 2.53. The molecule has 3 aromatic rings. The first-order chi connectivity index (χ1) is 14.3. The lowest BCUT2D eigenvalue weighted by Gasteiger charge is -2.33. The molecule has 0 spiro atoms. The molecule has 0 saturated heterocycles. The number of carbonyl (C=O) groups is 1. The average Bonchev–Trinajstić information content (AvgIpc) is 3.35. The lowest BCUT2D eigenvalue weighted by atomic mass is 9.89. The molecule has 1 N–H and O–H groups in total. The summed E-state index contributed by atoms with van der Waals surface area (Å²) < 4.78 is 1.53. The monoisotopic (exact) mass is 497 g/mol. The van der Waals surface area contributed by atoms with Gasteiger partial charge in [-0.1, -0.05) is 48.8 Å². The summed E-state index contributed by atoms with van der Waals surface area (Å²) in [5.41, 5.74) is 0.00716. The zero-order chi connectivity index (χ0) is 21.4. The summed E-state index contributed by atoms with van der Waals surface area (Å²) in [7, 11) is 0. The van der Waals surface area contributed by atoms with Gasteiger partial charge in [-0.3, -0.25) is 4.79 Å². The Morgan fingerprint density at radius 3 is 2.48 bits per heavy atom. The van der Waals surface area contributed by atoms with Crippen LogP contribution in [0.1, 0.15) is 36.2 Å². The lowest BCUT2D eigenvalue weighted by molar-refractivity contribution is 0.00524. The Bertz CT molecular complexity index is 1070. The van der Waals surface area contributed by atoms with Gasteiger partial charge < -0.3 is 5.11 Å². The van der Waals surface area contributed by atoms with Gasteiger partial charge in [0.1, 0.15) is 11.9 Å². The Hall–Kier alpha value is -1.57. The first-order valence-electron chi connectivity index (χ1n) is 9.30. The second kappa shape index (κ2) is 9.51. The summed E-state index contributed by atoms with van der Waals surface area (Å²) in [6, 6.07) is 14.0. The van der Waals surface area contributed by atoms with E-state index >= 15 is 0 Å². The summed E-state index contributed by atoms with van der Waals surface area (Å²) in [6.45, 7) is 0.0952. The van der Waals surface area contributed by atoms with Crippen molar-refractivity contribution in [2.24, 2.45) is 0 Å². The fourth-order valence-electron chi connectivity index (χ4n) is 3.30. The van der Waals surface area contributed by atoms with Crippen LogP contribution in [0.4, 0.5) is 0 Å². The third kappa shape index (κ3) is 5.26. The van der Waals surface area contributed by atoms with E-state index in [1.807, 2.05) is 18.2 Å². The summed E-state index contributed by atoms with van der Waals surface area (Å²) in [5.74, 6) is 0. The van der Waals surface area contributed by atoms with Crippen molar-refractivity contribution in [3.05, 3.63) is 76.0 Å². The smallest absolute Gasteiger partial charge is 0.227 e. The number of benzene rings is 2. The van der Waals surface area contributed by atoms with Crippen LogP contribution in [-0.4, -0.2) is 35.5 Å². The van der Waals surface area contributed by atoms with Crippen LogP contribution >= 0.6 is 46.6 Å². The molecular formula is C22H22Cl3N3O2S. The van der Waals surface area contributed by atoms with Crippen molar-refractivity contribution in [2.75, 3.05) is 0 Å². The van der Waals surface area contributed by atoms with Gasteiger partial charge in [0.15, 0.2) is 5.16 Å². The minimum Gasteiger partial charge on any atom is -0.386 e. The molecule has 2 aromatic carbocycles. The van der Waals surface area contributed by atoms with Crippen LogP contribution in [0, 0.1) is 0 Å². The number of halogens is 3. The van der Waals surface area contributed by atoms with Crippen molar-refractivity contribution in [1.29, 1.82) is 0 Å². The molecular weight excluding hydrogens is 477 g/mol. The summed E-state index contributed by atoms with van der Waals surface area (Å²) >= 11 is 19.8. The lowest BCUT2D eigenvalue weighted by Crippen LogP contribution is -2.47. The van der Waals surface area contributed by atoms with E-state index in [2.05, 4.69) is 10.1 Å². The zero-order valence-corrected chi connectivity index (χ0v) is 18.8. The highest BCUT2D eigenvalue weighted by Gasteiger charge is 2.58. The molecule has 0 bridgehead atoms. The highest BCUT2D eigenvalue weighted by atomic mass is 35.5. The third-order valence-corrected chi connectivity index (χ3v) is 7.49. The molecule has 1 saturated carbocycles. The maximum atomic E-state index is 12.6. The van der Waals surface area contributed by atoms with Gasteiger partial charge in [0, 0.05) is 22.0 Å². The van der Waals surface area contributed by atoms with Crippen LogP contribution in [0.3, 0.4) is 0 Å². The molecule has 1 aliphatic carbocycles. The molecule has 1 atom stereocenters. The Labute approximate surface area is 200 Å². The predicted octanol–water partition coefficient (Wildman–Crippen LogP) is 5.90. The Morgan fingerprint density at radius 1 is 1.16 bits per heavy atom. The Balaban J connectivity index is 0.00000272. The average molecular weight is 499 g/mol. The van der Waals surface area contributed by atoms with Crippen LogP contribution < -0.4 is 0 Å². The molecule has 0 amide bonds. The number of nitrogens with zero attached hydrogens (tertiary/aromatic N) is 3. The van der Waals surface area contributed by atoms with E-state index in [1.165, 1.54) is 11.0 Å². The van der Waals surface area contributed by atoms with Crippen LogP contribution in [0.2, 0.25) is 10.0 Å². The SMILES string of the molecule is C.O=C(Sc1ncnn1CC(O)(Cc1ccccc1Cl)C1(Cl)CC1)c1ccc(Cl)cc1. The zero-order valence-electron chi connectivity index (χ0n) is 15.8. The van der Waals surface area contributed by atoms with Crippen molar-refractivity contribution in [3.8, 4) is 0 Å². The summed E-state index contributed by atoms with van der Waals surface area (Å²) in [6.07, 6.45) is 3.01. The molecule has 164 valence electrons. The molecule has 1 heterocycles. The van der Waals surface area contributed by atoms with Crippen molar-refractivity contribution < 1.29 is 9.90 Å². The van der Waals surface area contributed by atoms with E-state index in [0.717, 1.165) is 17.3 Å². The van der Waals surface area contributed by atoms with Gasteiger partial charge in [0.2, 0.25) is 5.12 Å². The van der Waals surface area contributed by atoms with Crippen molar-refractivity contribution in [3.63, 3.8) is 0 Å². The van der Waals surface area contributed by atoms with Gasteiger partial charge in [-0.05, 0) is 60.5 Å². The van der Waals surface area contributed by atoms with Crippen LogP contribution in [-0.2, 0) is 13.0 Å². The van der Waals surface area contributed by atoms with Gasteiger partial charge in [0.25, 0.3) is 0 Å². The maximum absolute atomic E-state index is 12.6. The number of aliphatic hydroxyl groups is 1. The van der Waals surface area contributed by atoms with E-state index in [4.69, 9.17) is 34.8 Å². The first kappa shape index (κ1) is 24.1. The van der Waals surface area contributed by atoms with Crippen LogP contribution in [0.15, 0.2) is 60.0 Å². The molecule has 4 rings (SSSR count). The minimum absolute atomic E-state index is 0. The van der Waals surface area contributed by atoms with Gasteiger partial charge in [-0.15, -0.1) is 11.6 Å². The Kier molecular flexibility index (Phi) is 7.39. The van der Waals surface area contributed by atoms with E-state index in [0.29, 0.717) is 33.6 Å². The molecule has 9 heteroatoms. The highest BCUT2D eigenvalue weighted by molar-refractivity contribution is 8.14. The summed E-state index contributed by atoms with van der Waals surface area (Å²) in [5, 5.41) is 17.1. The number of carbonyl (C=O) groups excluding carboxylic acids is 1. The second-order valence-corrected chi connectivity index (χ2v) is 9.87.